The van der Waals surface area contributed by atoms with Crippen LogP contribution in [-0.2, 0) is 6.54 Å². The Balaban J connectivity index is 1.72. The first-order chi connectivity index (χ1) is 11.3. The van der Waals surface area contributed by atoms with E-state index in [9.17, 15) is 0 Å². The Morgan fingerprint density at radius 1 is 0.783 bits per heavy atom. The summed E-state index contributed by atoms with van der Waals surface area (Å²) in [7, 11) is 0. The first kappa shape index (κ1) is 15.4. The molecule has 0 aliphatic heterocycles. The molecule has 2 nitrogen and oxygen atoms in total. The van der Waals surface area contributed by atoms with Gasteiger partial charge in [0.2, 0.25) is 0 Å². The molecule has 0 aromatic heterocycles. The van der Waals surface area contributed by atoms with E-state index in [0.717, 1.165) is 25.3 Å². The molecule has 0 heterocycles. The van der Waals surface area contributed by atoms with Crippen molar-refractivity contribution < 1.29 is 0 Å². The molecule has 0 aliphatic carbocycles. The molecule has 0 aliphatic rings. The van der Waals surface area contributed by atoms with Gasteiger partial charge in [0.05, 0.1) is 0 Å². The summed E-state index contributed by atoms with van der Waals surface area (Å²) in [5, 5.41) is 6.15. The van der Waals surface area contributed by atoms with Gasteiger partial charge < -0.3 is 10.2 Å². The van der Waals surface area contributed by atoms with Crippen LogP contribution in [0.25, 0.3) is 10.8 Å². The number of rotatable bonds is 6. The number of hydrogen-bond acceptors (Lipinski definition) is 2. The Labute approximate surface area is 138 Å². The Morgan fingerprint density at radius 2 is 1.48 bits per heavy atom. The summed E-state index contributed by atoms with van der Waals surface area (Å²) in [5.74, 6) is 0. The Bertz CT molecular complexity index is 753. The number of benzene rings is 3. The van der Waals surface area contributed by atoms with Gasteiger partial charge in [0, 0.05) is 31.0 Å². The fourth-order valence-corrected chi connectivity index (χ4v) is 3.02. The monoisotopic (exact) mass is 304 g/mol. The van der Waals surface area contributed by atoms with Crippen molar-refractivity contribution in [3.8, 4) is 0 Å². The van der Waals surface area contributed by atoms with Crippen LogP contribution in [0.2, 0.25) is 0 Å². The number of nitrogens with one attached hydrogen (secondary N) is 1. The van der Waals surface area contributed by atoms with Gasteiger partial charge in [-0.2, -0.15) is 0 Å². The number of fused-ring (bicyclic) bond motifs is 1. The summed E-state index contributed by atoms with van der Waals surface area (Å²) in [5.41, 5.74) is 3.77. The van der Waals surface area contributed by atoms with Gasteiger partial charge in [0.15, 0.2) is 0 Å². The van der Waals surface area contributed by atoms with Crippen LogP contribution in [0.1, 0.15) is 19.4 Å². The van der Waals surface area contributed by atoms with E-state index in [2.05, 4.69) is 90.8 Å². The highest BCUT2D eigenvalue weighted by molar-refractivity contribution is 5.85. The van der Waals surface area contributed by atoms with Gasteiger partial charge in [-0.1, -0.05) is 42.5 Å². The highest BCUT2D eigenvalue weighted by Crippen LogP contribution is 2.21. The first-order valence-corrected chi connectivity index (χ1v) is 8.37. The van der Waals surface area contributed by atoms with E-state index in [-0.39, 0.29) is 0 Å². The maximum absolute atomic E-state index is 3.54. The third-order valence-corrected chi connectivity index (χ3v) is 4.36. The molecule has 0 fully saturated rings. The molecular weight excluding hydrogens is 280 g/mol. The van der Waals surface area contributed by atoms with E-state index in [1.54, 1.807) is 0 Å². The van der Waals surface area contributed by atoms with Crippen LogP contribution >= 0.6 is 0 Å². The lowest BCUT2D eigenvalue weighted by atomic mass is 10.0. The molecule has 23 heavy (non-hydrogen) atoms. The van der Waals surface area contributed by atoms with E-state index in [1.807, 2.05) is 0 Å². The number of anilines is 2. The lowest BCUT2D eigenvalue weighted by Gasteiger charge is -2.21. The Hall–Kier alpha value is -2.48. The van der Waals surface area contributed by atoms with Crippen molar-refractivity contribution in [3.63, 3.8) is 0 Å². The largest absolute Gasteiger partial charge is 0.381 e. The normalized spacial score (nSPS) is 10.7. The minimum absolute atomic E-state index is 0.839. The van der Waals surface area contributed by atoms with Gasteiger partial charge in [-0.05, 0) is 54.4 Å². The highest BCUT2D eigenvalue weighted by atomic mass is 15.1. The van der Waals surface area contributed by atoms with E-state index in [0.29, 0.717) is 0 Å². The van der Waals surface area contributed by atoms with E-state index < -0.39 is 0 Å². The molecule has 0 spiro atoms. The van der Waals surface area contributed by atoms with Crippen molar-refractivity contribution in [1.29, 1.82) is 0 Å². The zero-order valence-electron chi connectivity index (χ0n) is 13.9. The van der Waals surface area contributed by atoms with Gasteiger partial charge in [-0.15, -0.1) is 0 Å². The van der Waals surface area contributed by atoms with Crippen molar-refractivity contribution in [1.82, 2.24) is 0 Å². The third-order valence-electron chi connectivity index (χ3n) is 4.36. The quantitative estimate of drug-likeness (QED) is 0.665. The average molecular weight is 304 g/mol. The zero-order chi connectivity index (χ0) is 16.1. The minimum Gasteiger partial charge on any atom is -0.381 e. The minimum atomic E-state index is 0.839. The summed E-state index contributed by atoms with van der Waals surface area (Å²) >= 11 is 0. The third kappa shape index (κ3) is 3.48. The molecule has 0 saturated carbocycles. The van der Waals surface area contributed by atoms with E-state index in [4.69, 9.17) is 0 Å². The van der Waals surface area contributed by atoms with Crippen molar-refractivity contribution in [2.75, 3.05) is 23.3 Å². The molecule has 0 radical (unpaired) electrons. The van der Waals surface area contributed by atoms with Crippen LogP contribution in [0.3, 0.4) is 0 Å². The summed E-state index contributed by atoms with van der Waals surface area (Å²) in [6.45, 7) is 7.30. The molecule has 3 aromatic rings. The molecule has 0 saturated heterocycles. The van der Waals surface area contributed by atoms with Gasteiger partial charge >= 0.3 is 0 Å². The summed E-state index contributed by atoms with van der Waals surface area (Å²) in [6.07, 6.45) is 0. The fraction of sp³-hybridized carbons (Fsp3) is 0.238. The lowest BCUT2D eigenvalue weighted by Crippen LogP contribution is -2.21. The summed E-state index contributed by atoms with van der Waals surface area (Å²) < 4.78 is 0. The van der Waals surface area contributed by atoms with Crippen LogP contribution in [-0.4, -0.2) is 13.1 Å². The van der Waals surface area contributed by atoms with Crippen LogP contribution in [0, 0.1) is 0 Å². The Morgan fingerprint density at radius 3 is 2.22 bits per heavy atom. The molecule has 2 heteroatoms. The molecule has 0 atom stereocenters. The number of hydrogen-bond donors (Lipinski definition) is 1. The predicted octanol–water partition coefficient (Wildman–Crippen LogP) is 5.30. The SMILES string of the molecule is CCN(CC)c1ccc(NCc2cccc3ccccc23)cc1. The van der Waals surface area contributed by atoms with E-state index >= 15 is 0 Å². The van der Waals surface area contributed by atoms with Crippen molar-refractivity contribution in [2.24, 2.45) is 0 Å². The van der Waals surface area contributed by atoms with Crippen molar-refractivity contribution >= 4 is 22.1 Å². The van der Waals surface area contributed by atoms with Gasteiger partial charge in [0.25, 0.3) is 0 Å². The molecule has 118 valence electrons. The topological polar surface area (TPSA) is 15.3 Å². The van der Waals surface area contributed by atoms with Crippen molar-refractivity contribution in [3.05, 3.63) is 72.3 Å². The maximum atomic E-state index is 3.54. The summed E-state index contributed by atoms with van der Waals surface area (Å²) in [4.78, 5) is 2.36. The van der Waals surface area contributed by atoms with Gasteiger partial charge in [-0.3, -0.25) is 0 Å². The molecule has 1 N–H and O–H groups in total. The number of nitrogens with zero attached hydrogens (tertiary/aromatic N) is 1. The smallest absolute Gasteiger partial charge is 0.0406 e. The second-order valence-corrected chi connectivity index (χ2v) is 5.71. The highest BCUT2D eigenvalue weighted by Gasteiger charge is 2.03. The average Bonchev–Trinajstić information content (AvgIpc) is 2.62. The van der Waals surface area contributed by atoms with Crippen LogP contribution in [0.4, 0.5) is 11.4 Å². The van der Waals surface area contributed by atoms with Crippen LogP contribution in [0.15, 0.2) is 66.7 Å². The van der Waals surface area contributed by atoms with E-state index in [1.165, 1.54) is 22.0 Å². The Kier molecular flexibility index (Phi) is 4.82. The van der Waals surface area contributed by atoms with Crippen LogP contribution in [0.5, 0.6) is 0 Å². The van der Waals surface area contributed by atoms with Gasteiger partial charge in [0.1, 0.15) is 0 Å². The lowest BCUT2D eigenvalue weighted by molar-refractivity contribution is 0.866. The fourth-order valence-electron chi connectivity index (χ4n) is 3.02. The van der Waals surface area contributed by atoms with Crippen molar-refractivity contribution in [2.45, 2.75) is 20.4 Å². The maximum Gasteiger partial charge on any atom is 0.0406 e. The summed E-state index contributed by atoms with van der Waals surface area (Å²) in [6, 6.07) is 23.7. The zero-order valence-corrected chi connectivity index (χ0v) is 13.9. The molecule has 3 rings (SSSR count). The molecule has 0 amide bonds. The molecule has 0 unspecified atom stereocenters. The first-order valence-electron chi connectivity index (χ1n) is 8.37. The predicted molar refractivity (Wildman–Crippen MR) is 101 cm³/mol. The molecular formula is C21H24N2. The van der Waals surface area contributed by atoms with Gasteiger partial charge in [-0.25, -0.2) is 0 Å². The molecule has 0 bridgehead atoms. The van der Waals surface area contributed by atoms with Crippen LogP contribution < -0.4 is 10.2 Å². The molecule has 3 aromatic carbocycles. The second-order valence-electron chi connectivity index (χ2n) is 5.71. The standard InChI is InChI=1S/C21H24N2/c1-3-23(4-2)20-14-12-19(13-15-20)22-16-18-10-7-9-17-8-5-6-11-21(17)18/h5-15,22H,3-4,16H2,1-2H3. The second kappa shape index (κ2) is 7.19.